The maximum atomic E-state index is 11.9. The quantitative estimate of drug-likeness (QED) is 0.812. The van der Waals surface area contributed by atoms with Crippen molar-refractivity contribution in [3.63, 3.8) is 0 Å². The van der Waals surface area contributed by atoms with E-state index in [1.807, 2.05) is 19.1 Å². The van der Waals surface area contributed by atoms with Crippen molar-refractivity contribution >= 4 is 17.3 Å². The number of carbonyl (C=O) groups is 1. The average molecular weight is 275 g/mol. The lowest BCUT2D eigenvalue weighted by Crippen LogP contribution is -2.26. The highest BCUT2D eigenvalue weighted by Gasteiger charge is 2.18. The van der Waals surface area contributed by atoms with Crippen LogP contribution in [0.2, 0.25) is 0 Å². The predicted octanol–water partition coefficient (Wildman–Crippen LogP) is 2.64. The summed E-state index contributed by atoms with van der Waals surface area (Å²) in [4.78, 5) is 14.1. The second kappa shape index (κ2) is 6.64. The van der Waals surface area contributed by atoms with Gasteiger partial charge in [-0.3, -0.25) is 4.79 Å². The zero-order chi connectivity index (χ0) is 14.5. The number of carbonyl (C=O) groups excluding carboxylic acids is 1. The van der Waals surface area contributed by atoms with E-state index in [0.29, 0.717) is 12.1 Å². The van der Waals surface area contributed by atoms with Gasteiger partial charge in [-0.05, 0) is 43.9 Å². The van der Waals surface area contributed by atoms with Crippen molar-refractivity contribution in [1.29, 1.82) is 0 Å². The smallest absolute Gasteiger partial charge is 0.251 e. The second-order valence-corrected chi connectivity index (χ2v) is 5.66. The molecule has 1 amide bonds. The van der Waals surface area contributed by atoms with Gasteiger partial charge in [-0.25, -0.2) is 0 Å². The summed E-state index contributed by atoms with van der Waals surface area (Å²) in [5.41, 5.74) is 8.43. The van der Waals surface area contributed by atoms with E-state index >= 15 is 0 Å². The topological polar surface area (TPSA) is 58.4 Å². The van der Waals surface area contributed by atoms with E-state index in [4.69, 9.17) is 5.73 Å². The molecule has 3 N–H and O–H groups in total. The van der Waals surface area contributed by atoms with Crippen molar-refractivity contribution in [1.82, 2.24) is 5.32 Å². The van der Waals surface area contributed by atoms with E-state index in [-0.39, 0.29) is 5.91 Å². The molecular formula is C16H25N3O. The van der Waals surface area contributed by atoms with Crippen LogP contribution in [0, 0.1) is 5.92 Å². The molecule has 4 nitrogen and oxygen atoms in total. The van der Waals surface area contributed by atoms with Crippen molar-refractivity contribution in [2.45, 2.75) is 32.6 Å². The summed E-state index contributed by atoms with van der Waals surface area (Å²) in [6.45, 7) is 3.57. The number of nitrogens with one attached hydrogen (secondary N) is 1. The minimum Gasteiger partial charge on any atom is -0.397 e. The van der Waals surface area contributed by atoms with E-state index < -0.39 is 0 Å². The third kappa shape index (κ3) is 3.44. The lowest BCUT2D eigenvalue weighted by molar-refractivity contribution is 0.0956. The van der Waals surface area contributed by atoms with Crippen LogP contribution in [0.1, 0.15) is 43.0 Å². The summed E-state index contributed by atoms with van der Waals surface area (Å²) in [7, 11) is 2.06. The number of rotatable bonds is 5. The molecule has 0 aromatic heterocycles. The molecule has 4 heteroatoms. The fourth-order valence-electron chi connectivity index (χ4n) is 2.96. The molecule has 0 heterocycles. The Balaban J connectivity index is 2.12. The normalized spacial score (nSPS) is 15.3. The SMILES string of the molecule is CCNC(=O)c1ccc(N)c(N(C)CC2CCCC2)c1. The molecule has 2 rings (SSSR count). The van der Waals surface area contributed by atoms with Gasteiger partial charge >= 0.3 is 0 Å². The molecule has 1 saturated carbocycles. The molecule has 1 aromatic carbocycles. The molecule has 0 bridgehead atoms. The van der Waals surface area contributed by atoms with E-state index in [1.165, 1.54) is 25.7 Å². The van der Waals surface area contributed by atoms with Gasteiger partial charge < -0.3 is 16.0 Å². The van der Waals surface area contributed by atoms with E-state index in [9.17, 15) is 4.79 Å². The molecule has 110 valence electrons. The minimum atomic E-state index is -0.0389. The minimum absolute atomic E-state index is 0.0389. The van der Waals surface area contributed by atoms with Crippen molar-refractivity contribution < 1.29 is 4.79 Å². The fraction of sp³-hybridized carbons (Fsp3) is 0.562. The standard InChI is InChI=1S/C16H25N3O/c1-3-18-16(20)13-8-9-14(17)15(10-13)19(2)11-12-6-4-5-7-12/h8-10,12H,3-7,11,17H2,1-2H3,(H,18,20). The summed E-state index contributed by atoms with van der Waals surface area (Å²) in [6.07, 6.45) is 5.29. The molecule has 1 aliphatic rings. The third-order valence-electron chi connectivity index (χ3n) is 4.05. The number of nitrogen functional groups attached to an aromatic ring is 1. The van der Waals surface area contributed by atoms with Crippen molar-refractivity contribution in [3.05, 3.63) is 23.8 Å². The van der Waals surface area contributed by atoms with Crippen molar-refractivity contribution in [3.8, 4) is 0 Å². The number of amides is 1. The van der Waals surface area contributed by atoms with Crippen LogP contribution in [0.15, 0.2) is 18.2 Å². The molecular weight excluding hydrogens is 250 g/mol. The summed E-state index contributed by atoms with van der Waals surface area (Å²) in [6, 6.07) is 5.51. The van der Waals surface area contributed by atoms with Crippen LogP contribution in [0.25, 0.3) is 0 Å². The highest BCUT2D eigenvalue weighted by Crippen LogP contribution is 2.29. The molecule has 1 aliphatic carbocycles. The molecule has 1 fully saturated rings. The first-order valence-electron chi connectivity index (χ1n) is 7.50. The summed E-state index contributed by atoms with van der Waals surface area (Å²) < 4.78 is 0. The molecule has 0 radical (unpaired) electrons. The number of hydrogen-bond acceptors (Lipinski definition) is 3. The van der Waals surface area contributed by atoms with Gasteiger partial charge in [0.15, 0.2) is 0 Å². The van der Waals surface area contributed by atoms with Gasteiger partial charge in [-0.1, -0.05) is 12.8 Å². The highest BCUT2D eigenvalue weighted by molar-refractivity contribution is 5.96. The van der Waals surface area contributed by atoms with Gasteiger partial charge in [0, 0.05) is 25.7 Å². The summed E-state index contributed by atoms with van der Waals surface area (Å²) >= 11 is 0. The maximum Gasteiger partial charge on any atom is 0.251 e. The van der Waals surface area contributed by atoms with Crippen LogP contribution in [0.5, 0.6) is 0 Å². The molecule has 0 spiro atoms. The Labute approximate surface area is 121 Å². The van der Waals surface area contributed by atoms with E-state index in [0.717, 1.165) is 23.8 Å². The van der Waals surface area contributed by atoms with E-state index in [1.54, 1.807) is 6.07 Å². The highest BCUT2D eigenvalue weighted by atomic mass is 16.1. The van der Waals surface area contributed by atoms with Crippen LogP contribution < -0.4 is 16.0 Å². The van der Waals surface area contributed by atoms with E-state index in [2.05, 4.69) is 17.3 Å². The number of anilines is 2. The third-order valence-corrected chi connectivity index (χ3v) is 4.05. The van der Waals surface area contributed by atoms with Crippen molar-refractivity contribution in [2.75, 3.05) is 30.8 Å². The van der Waals surface area contributed by atoms with Crippen LogP contribution in [-0.4, -0.2) is 26.0 Å². The zero-order valence-electron chi connectivity index (χ0n) is 12.5. The number of hydrogen-bond donors (Lipinski definition) is 2. The van der Waals surface area contributed by atoms with Crippen LogP contribution in [-0.2, 0) is 0 Å². The first-order chi connectivity index (χ1) is 9.61. The lowest BCUT2D eigenvalue weighted by atomic mass is 10.1. The maximum absolute atomic E-state index is 11.9. The Hall–Kier alpha value is -1.71. The molecule has 0 saturated heterocycles. The second-order valence-electron chi connectivity index (χ2n) is 5.66. The van der Waals surface area contributed by atoms with Gasteiger partial charge in [0.1, 0.15) is 0 Å². The lowest BCUT2D eigenvalue weighted by Gasteiger charge is -2.25. The van der Waals surface area contributed by atoms with Gasteiger partial charge in [-0.2, -0.15) is 0 Å². The number of nitrogens with two attached hydrogens (primary N) is 1. The molecule has 1 aromatic rings. The fourth-order valence-corrected chi connectivity index (χ4v) is 2.96. The Kier molecular flexibility index (Phi) is 4.88. The van der Waals surface area contributed by atoms with Crippen molar-refractivity contribution in [2.24, 2.45) is 5.92 Å². The largest absolute Gasteiger partial charge is 0.397 e. The molecule has 0 aliphatic heterocycles. The van der Waals surface area contributed by atoms with Gasteiger partial charge in [-0.15, -0.1) is 0 Å². The number of benzene rings is 1. The van der Waals surface area contributed by atoms with Crippen LogP contribution in [0.3, 0.4) is 0 Å². The zero-order valence-corrected chi connectivity index (χ0v) is 12.5. The predicted molar refractivity (Wildman–Crippen MR) is 84.1 cm³/mol. The Morgan fingerprint density at radius 3 is 2.75 bits per heavy atom. The van der Waals surface area contributed by atoms with Gasteiger partial charge in [0.05, 0.1) is 11.4 Å². The molecule has 0 unspecified atom stereocenters. The summed E-state index contributed by atoms with van der Waals surface area (Å²) in [5.74, 6) is 0.718. The molecule has 20 heavy (non-hydrogen) atoms. The van der Waals surface area contributed by atoms with Crippen LogP contribution >= 0.6 is 0 Å². The first-order valence-corrected chi connectivity index (χ1v) is 7.50. The number of nitrogens with zero attached hydrogens (tertiary/aromatic N) is 1. The Morgan fingerprint density at radius 2 is 2.10 bits per heavy atom. The van der Waals surface area contributed by atoms with Gasteiger partial charge in [0.25, 0.3) is 5.91 Å². The summed E-state index contributed by atoms with van der Waals surface area (Å²) in [5, 5.41) is 2.82. The molecule has 0 atom stereocenters. The van der Waals surface area contributed by atoms with Crippen LogP contribution in [0.4, 0.5) is 11.4 Å². The monoisotopic (exact) mass is 275 g/mol. The first kappa shape index (κ1) is 14.7. The average Bonchev–Trinajstić information content (AvgIpc) is 2.92. The Morgan fingerprint density at radius 1 is 1.40 bits per heavy atom. The Bertz CT molecular complexity index is 467. The van der Waals surface area contributed by atoms with Gasteiger partial charge in [0.2, 0.25) is 0 Å².